The molecule has 10 heteroatoms. The topological polar surface area (TPSA) is 95.3 Å². The highest BCUT2D eigenvalue weighted by Gasteiger charge is 2.54. The Morgan fingerprint density at radius 1 is 1.15 bits per heavy atom. The van der Waals surface area contributed by atoms with Gasteiger partial charge in [-0.1, -0.05) is 0 Å². The first-order valence-electron chi connectivity index (χ1n) is 11.0. The molecule has 8 nitrogen and oxygen atoms in total. The van der Waals surface area contributed by atoms with E-state index in [0.29, 0.717) is 30.1 Å². The van der Waals surface area contributed by atoms with E-state index < -0.39 is 24.1 Å². The van der Waals surface area contributed by atoms with Crippen LogP contribution in [0.15, 0.2) is 56.3 Å². The summed E-state index contributed by atoms with van der Waals surface area (Å²) in [4.78, 5) is 10.9. The van der Waals surface area contributed by atoms with Crippen LogP contribution in [0.1, 0.15) is 39.7 Å². The second-order valence-electron chi connectivity index (χ2n) is 9.68. The van der Waals surface area contributed by atoms with Gasteiger partial charge in [-0.25, -0.2) is 9.38 Å². The maximum Gasteiger partial charge on any atom is 0.498 e. The number of rotatable bonds is 2. The number of fused-ring (bicyclic) bond motifs is 1. The monoisotopic (exact) mass is 450 g/mol. The molecule has 0 spiro atoms. The minimum atomic E-state index is -0.584. The number of nitrogen functional groups attached to an aromatic ring is 1. The number of nitrogens with two attached hydrogens (primary N) is 1. The van der Waals surface area contributed by atoms with Crippen LogP contribution in [-0.2, 0) is 14.0 Å². The average Bonchev–Trinajstić information content (AvgIpc) is 3.34. The Morgan fingerprint density at radius 2 is 1.91 bits per heavy atom. The molecular weight excluding hydrogens is 426 g/mol. The Kier molecular flexibility index (Phi) is 4.17. The number of nitrogens with zero attached hydrogens (tertiary/aromatic N) is 3. The summed E-state index contributed by atoms with van der Waals surface area (Å²) in [6, 6.07) is 3.08. The summed E-state index contributed by atoms with van der Waals surface area (Å²) in [5.74, 6) is 0.112. The summed E-state index contributed by atoms with van der Waals surface area (Å²) in [5, 5.41) is 0. The summed E-state index contributed by atoms with van der Waals surface area (Å²) < 4.78 is 38.4. The van der Waals surface area contributed by atoms with Crippen LogP contribution in [0.25, 0.3) is 11.1 Å². The van der Waals surface area contributed by atoms with Crippen molar-refractivity contribution in [1.82, 2.24) is 9.88 Å². The summed E-state index contributed by atoms with van der Waals surface area (Å²) in [6.45, 7) is 9.25. The van der Waals surface area contributed by atoms with Crippen LogP contribution in [0.5, 0.6) is 0 Å². The predicted octanol–water partition coefficient (Wildman–Crippen LogP) is 3.70. The molecule has 33 heavy (non-hydrogen) atoms. The van der Waals surface area contributed by atoms with Crippen molar-refractivity contribution >= 4 is 30.1 Å². The van der Waals surface area contributed by atoms with Gasteiger partial charge in [0.2, 0.25) is 0 Å². The fourth-order valence-electron chi connectivity index (χ4n) is 4.64. The van der Waals surface area contributed by atoms with Crippen molar-refractivity contribution in [2.24, 2.45) is 4.99 Å². The highest BCUT2D eigenvalue weighted by atomic mass is 19.1. The van der Waals surface area contributed by atoms with Gasteiger partial charge in [0.1, 0.15) is 18.0 Å². The van der Waals surface area contributed by atoms with Crippen LogP contribution in [-0.4, -0.2) is 47.2 Å². The van der Waals surface area contributed by atoms with Gasteiger partial charge >= 0.3 is 7.12 Å². The van der Waals surface area contributed by atoms with E-state index in [-0.39, 0.29) is 11.6 Å². The summed E-state index contributed by atoms with van der Waals surface area (Å²) in [7, 11) is -0.584. The van der Waals surface area contributed by atoms with E-state index in [2.05, 4.69) is 9.88 Å². The van der Waals surface area contributed by atoms with Crippen LogP contribution in [0.4, 0.5) is 10.4 Å². The Balaban J connectivity index is 1.44. The number of anilines is 1. The molecule has 2 aromatic rings. The van der Waals surface area contributed by atoms with Gasteiger partial charge in [-0.2, -0.15) is 4.98 Å². The zero-order chi connectivity index (χ0) is 23.1. The lowest BCUT2D eigenvalue weighted by Crippen LogP contribution is -2.41. The molecule has 2 N–H and O–H groups in total. The molecule has 170 valence electrons. The molecule has 5 heterocycles. The first-order valence-corrected chi connectivity index (χ1v) is 11.0. The summed E-state index contributed by atoms with van der Waals surface area (Å²) >= 11 is 0. The van der Waals surface area contributed by atoms with E-state index >= 15 is 0 Å². The van der Waals surface area contributed by atoms with E-state index in [9.17, 15) is 4.39 Å². The number of halogens is 1. The maximum atomic E-state index is 14.7. The lowest BCUT2D eigenvalue weighted by Gasteiger charge is -2.32. The Bertz CT molecular complexity index is 1310. The Morgan fingerprint density at radius 3 is 2.67 bits per heavy atom. The number of hydrogen-bond donors (Lipinski definition) is 1. The van der Waals surface area contributed by atoms with E-state index in [1.807, 2.05) is 27.7 Å². The lowest BCUT2D eigenvalue weighted by molar-refractivity contribution is 0.00578. The van der Waals surface area contributed by atoms with E-state index in [1.54, 1.807) is 18.5 Å². The predicted molar refractivity (Wildman–Crippen MR) is 121 cm³/mol. The smallest absolute Gasteiger partial charge is 0.497 e. The van der Waals surface area contributed by atoms with Crippen LogP contribution in [0.2, 0.25) is 0 Å². The van der Waals surface area contributed by atoms with Crippen molar-refractivity contribution in [1.29, 1.82) is 0 Å². The van der Waals surface area contributed by atoms with Crippen molar-refractivity contribution in [2.75, 3.05) is 18.9 Å². The zero-order valence-electron chi connectivity index (χ0n) is 18.9. The Labute approximate surface area is 190 Å². The fourth-order valence-corrected chi connectivity index (χ4v) is 4.64. The van der Waals surface area contributed by atoms with Crippen LogP contribution in [0.3, 0.4) is 0 Å². The molecular formula is C23H24BFN4O4. The molecule has 0 bridgehead atoms. The molecule has 1 saturated heterocycles. The molecule has 0 radical (unpaired) electrons. The molecule has 0 aliphatic carbocycles. The second kappa shape index (κ2) is 6.71. The number of aliphatic imine (C=N–C) groups is 1. The third-order valence-corrected chi connectivity index (χ3v) is 7.07. The van der Waals surface area contributed by atoms with Crippen LogP contribution < -0.4 is 5.73 Å². The van der Waals surface area contributed by atoms with Gasteiger partial charge in [0.05, 0.1) is 23.2 Å². The molecule has 0 atom stereocenters. The van der Waals surface area contributed by atoms with Gasteiger partial charge in [-0.3, -0.25) is 0 Å². The number of allylic oxidation sites excluding steroid dienone is 1. The van der Waals surface area contributed by atoms with E-state index in [0.717, 1.165) is 28.7 Å². The van der Waals surface area contributed by atoms with Gasteiger partial charge in [0.15, 0.2) is 11.4 Å². The molecule has 6 rings (SSSR count). The van der Waals surface area contributed by atoms with E-state index in [4.69, 9.17) is 29.2 Å². The summed E-state index contributed by atoms with van der Waals surface area (Å²) in [5.41, 5.74) is 9.52. The van der Waals surface area contributed by atoms with Crippen molar-refractivity contribution in [3.8, 4) is 0 Å². The third kappa shape index (κ3) is 2.97. The molecule has 1 aromatic carbocycles. The van der Waals surface area contributed by atoms with Crippen molar-refractivity contribution < 1.29 is 22.9 Å². The standard InChI is InChI=1S/C23H24BFN4O4/c1-22(2)23(3,4)33-24(32-22)15-11-30-10-12-5-6-29-18(12)14(15)9-27-20(29)13-7-16(25)19-17(8-13)28-21(26)31-19/h7-9,11H,5-6,10H2,1-4H3,(H2,26,28). The number of hydrogen-bond acceptors (Lipinski definition) is 8. The van der Waals surface area contributed by atoms with Crippen molar-refractivity contribution in [3.05, 3.63) is 58.3 Å². The molecule has 0 amide bonds. The summed E-state index contributed by atoms with van der Waals surface area (Å²) in [6.07, 6.45) is 4.32. The first-order chi connectivity index (χ1) is 15.6. The molecule has 4 aliphatic heterocycles. The average molecular weight is 450 g/mol. The molecule has 4 aliphatic rings. The molecule has 1 fully saturated rings. The molecule has 1 aromatic heterocycles. The normalized spacial score (nSPS) is 23.2. The van der Waals surface area contributed by atoms with Gasteiger partial charge in [0.25, 0.3) is 6.01 Å². The minimum Gasteiger partial charge on any atom is -0.497 e. The van der Waals surface area contributed by atoms with Crippen LogP contribution in [0, 0.1) is 5.82 Å². The number of aromatic nitrogens is 1. The van der Waals surface area contributed by atoms with Gasteiger partial charge in [0, 0.05) is 29.4 Å². The van der Waals surface area contributed by atoms with Crippen LogP contribution >= 0.6 is 0 Å². The lowest BCUT2D eigenvalue weighted by atomic mass is 9.73. The van der Waals surface area contributed by atoms with Gasteiger partial charge in [-0.15, -0.1) is 0 Å². The van der Waals surface area contributed by atoms with Crippen molar-refractivity contribution in [2.45, 2.75) is 45.3 Å². The van der Waals surface area contributed by atoms with Gasteiger partial charge < -0.3 is 29.1 Å². The highest BCUT2D eigenvalue weighted by Crippen LogP contribution is 2.44. The highest BCUT2D eigenvalue weighted by molar-refractivity contribution is 6.56. The third-order valence-electron chi connectivity index (χ3n) is 7.07. The number of oxazole rings is 1. The van der Waals surface area contributed by atoms with Crippen molar-refractivity contribution in [3.63, 3.8) is 0 Å². The minimum absolute atomic E-state index is 0.0408. The SMILES string of the molecule is CC1(C)OB(C2=COCC3=C4C2=CN=C(c2cc(F)c5oc(N)nc5c2)N4CC3)OC1(C)C. The number of benzene rings is 1. The second-order valence-corrected chi connectivity index (χ2v) is 9.68. The van der Waals surface area contributed by atoms with E-state index in [1.165, 1.54) is 6.07 Å². The fraction of sp³-hybridized carbons (Fsp3) is 0.391. The first kappa shape index (κ1) is 20.5. The zero-order valence-corrected chi connectivity index (χ0v) is 18.9. The molecule has 0 unspecified atom stereocenters. The Hall–Kier alpha value is -3.11. The largest absolute Gasteiger partial charge is 0.498 e. The number of amidine groups is 1. The number of ether oxygens (including phenoxy) is 1. The maximum absolute atomic E-state index is 14.7. The quantitative estimate of drug-likeness (QED) is 0.698. The molecule has 0 saturated carbocycles. The van der Waals surface area contributed by atoms with Gasteiger partial charge in [-0.05, 0) is 51.8 Å².